The Bertz CT molecular complexity index is 1220. The molecule has 4 rings (SSSR count). The molecule has 6 heteroatoms. The number of benzene rings is 2. The number of aromatic nitrogens is 2. The Labute approximate surface area is 191 Å². The van der Waals surface area contributed by atoms with Gasteiger partial charge >= 0.3 is 5.97 Å². The fourth-order valence-electron chi connectivity index (χ4n) is 3.61. The molecule has 0 aliphatic rings. The summed E-state index contributed by atoms with van der Waals surface area (Å²) >= 11 is 1.73. The summed E-state index contributed by atoms with van der Waals surface area (Å²) in [5.41, 5.74) is 4.39. The molecule has 0 amide bonds. The summed E-state index contributed by atoms with van der Waals surface area (Å²) in [6, 6.07) is 21.4. The standard InChI is InChI=1S/C26H25N3O2S/c1-3-22-17(2)27-25(29-24(22)28-20-12-10-19(11-13-20)26(30)31)23-16-15-21(32-23)14-9-18-7-5-4-6-8-18/h4-8,10-13,15-16H,3,9,14H2,1-2H3,(H,30,31)(H,27,28,29). The lowest BCUT2D eigenvalue weighted by Gasteiger charge is -2.13. The van der Waals surface area contributed by atoms with Crippen molar-refractivity contribution in [3.63, 3.8) is 0 Å². The molecule has 32 heavy (non-hydrogen) atoms. The molecule has 0 aliphatic carbocycles. The van der Waals surface area contributed by atoms with Crippen LogP contribution in [0.2, 0.25) is 0 Å². The van der Waals surface area contributed by atoms with E-state index in [9.17, 15) is 4.79 Å². The van der Waals surface area contributed by atoms with Gasteiger partial charge in [-0.05, 0) is 68.1 Å². The zero-order chi connectivity index (χ0) is 22.5. The molecule has 2 aromatic heterocycles. The van der Waals surface area contributed by atoms with E-state index in [1.165, 1.54) is 10.4 Å². The van der Waals surface area contributed by atoms with Crippen LogP contribution in [0.25, 0.3) is 10.7 Å². The average Bonchev–Trinajstić information content (AvgIpc) is 3.28. The summed E-state index contributed by atoms with van der Waals surface area (Å²) in [4.78, 5) is 23.1. The summed E-state index contributed by atoms with van der Waals surface area (Å²) in [6.45, 7) is 4.09. The molecule has 5 nitrogen and oxygen atoms in total. The molecule has 0 saturated carbocycles. The van der Waals surface area contributed by atoms with E-state index >= 15 is 0 Å². The predicted molar refractivity (Wildman–Crippen MR) is 130 cm³/mol. The monoisotopic (exact) mass is 443 g/mol. The van der Waals surface area contributed by atoms with Gasteiger partial charge in [-0.25, -0.2) is 14.8 Å². The fraction of sp³-hybridized carbons (Fsp3) is 0.192. The van der Waals surface area contributed by atoms with Crippen molar-refractivity contribution in [2.45, 2.75) is 33.1 Å². The third-order valence-corrected chi connectivity index (χ3v) is 6.49. The molecule has 2 heterocycles. The SMILES string of the molecule is CCc1c(C)nc(-c2ccc(CCc3ccccc3)s2)nc1Nc1ccc(C(=O)O)cc1. The molecule has 0 bridgehead atoms. The van der Waals surface area contributed by atoms with Crippen molar-refractivity contribution in [2.75, 3.05) is 5.32 Å². The molecule has 0 fully saturated rings. The number of carboxylic acids is 1. The minimum atomic E-state index is -0.938. The highest BCUT2D eigenvalue weighted by Gasteiger charge is 2.14. The van der Waals surface area contributed by atoms with Crippen LogP contribution in [-0.4, -0.2) is 21.0 Å². The summed E-state index contributed by atoms with van der Waals surface area (Å²) in [5, 5.41) is 12.5. The highest BCUT2D eigenvalue weighted by Crippen LogP contribution is 2.30. The normalized spacial score (nSPS) is 10.8. The maximum absolute atomic E-state index is 11.1. The van der Waals surface area contributed by atoms with Crippen LogP contribution in [0.4, 0.5) is 11.5 Å². The Kier molecular flexibility index (Phi) is 6.61. The number of thiophene rings is 1. The largest absolute Gasteiger partial charge is 0.478 e. The maximum Gasteiger partial charge on any atom is 0.335 e. The quantitative estimate of drug-likeness (QED) is 0.334. The molecular formula is C26H25N3O2S. The van der Waals surface area contributed by atoms with Gasteiger partial charge in [0.05, 0.1) is 10.4 Å². The van der Waals surface area contributed by atoms with Crippen molar-refractivity contribution in [3.8, 4) is 10.7 Å². The first-order valence-electron chi connectivity index (χ1n) is 10.6. The summed E-state index contributed by atoms with van der Waals surface area (Å²) in [7, 11) is 0. The fourth-order valence-corrected chi connectivity index (χ4v) is 4.55. The zero-order valence-electron chi connectivity index (χ0n) is 18.1. The minimum absolute atomic E-state index is 0.257. The molecule has 0 saturated heterocycles. The molecule has 2 N–H and O–H groups in total. The van der Waals surface area contributed by atoms with Gasteiger partial charge in [-0.1, -0.05) is 37.3 Å². The Morgan fingerprint density at radius 2 is 1.72 bits per heavy atom. The van der Waals surface area contributed by atoms with Crippen LogP contribution in [-0.2, 0) is 19.3 Å². The molecule has 4 aromatic rings. The van der Waals surface area contributed by atoms with Gasteiger partial charge in [0.1, 0.15) is 5.82 Å². The molecule has 0 aliphatic heterocycles. The molecule has 0 atom stereocenters. The van der Waals surface area contributed by atoms with Gasteiger partial charge in [-0.2, -0.15) is 0 Å². The first kappa shape index (κ1) is 21.7. The van der Waals surface area contributed by atoms with Gasteiger partial charge in [-0.3, -0.25) is 0 Å². The molecule has 162 valence electrons. The van der Waals surface area contributed by atoms with E-state index in [0.717, 1.165) is 46.9 Å². The Hall–Kier alpha value is -3.51. The number of aryl methyl sites for hydroxylation is 3. The molecular weight excluding hydrogens is 418 g/mol. The van der Waals surface area contributed by atoms with E-state index in [4.69, 9.17) is 15.1 Å². The lowest BCUT2D eigenvalue weighted by Crippen LogP contribution is -2.05. The van der Waals surface area contributed by atoms with E-state index < -0.39 is 5.97 Å². The summed E-state index contributed by atoms with van der Waals surface area (Å²) < 4.78 is 0. The third kappa shape index (κ3) is 5.03. The van der Waals surface area contributed by atoms with Crippen molar-refractivity contribution in [1.82, 2.24) is 9.97 Å². The lowest BCUT2D eigenvalue weighted by atomic mass is 10.1. The van der Waals surface area contributed by atoms with Crippen LogP contribution in [0.1, 0.15) is 39.0 Å². The Morgan fingerprint density at radius 3 is 2.41 bits per heavy atom. The molecule has 2 aromatic carbocycles. The van der Waals surface area contributed by atoms with Gasteiger partial charge in [0.15, 0.2) is 5.82 Å². The van der Waals surface area contributed by atoms with Crippen LogP contribution in [0.5, 0.6) is 0 Å². The second-order valence-corrected chi connectivity index (χ2v) is 8.74. The number of nitrogens with one attached hydrogen (secondary N) is 1. The second kappa shape index (κ2) is 9.75. The van der Waals surface area contributed by atoms with Crippen molar-refractivity contribution in [2.24, 2.45) is 0 Å². The zero-order valence-corrected chi connectivity index (χ0v) is 18.9. The smallest absolute Gasteiger partial charge is 0.335 e. The lowest BCUT2D eigenvalue weighted by molar-refractivity contribution is 0.0697. The molecule has 0 unspecified atom stereocenters. The van der Waals surface area contributed by atoms with Crippen molar-refractivity contribution in [3.05, 3.63) is 94.0 Å². The predicted octanol–water partition coefficient (Wildman–Crippen LogP) is 6.30. The van der Waals surface area contributed by atoms with E-state index in [2.05, 4.69) is 48.6 Å². The second-order valence-electron chi connectivity index (χ2n) is 7.57. The highest BCUT2D eigenvalue weighted by atomic mass is 32.1. The van der Waals surface area contributed by atoms with E-state index in [-0.39, 0.29) is 5.56 Å². The first-order valence-corrected chi connectivity index (χ1v) is 11.5. The molecule has 0 radical (unpaired) electrons. The van der Waals surface area contributed by atoms with Crippen LogP contribution < -0.4 is 5.32 Å². The third-order valence-electron chi connectivity index (χ3n) is 5.35. The van der Waals surface area contributed by atoms with Gasteiger partial charge in [0.2, 0.25) is 0 Å². The molecule has 0 spiro atoms. The summed E-state index contributed by atoms with van der Waals surface area (Å²) in [6.07, 6.45) is 2.80. The number of rotatable bonds is 8. The maximum atomic E-state index is 11.1. The van der Waals surface area contributed by atoms with Gasteiger partial charge < -0.3 is 10.4 Å². The van der Waals surface area contributed by atoms with E-state index in [0.29, 0.717) is 5.82 Å². The van der Waals surface area contributed by atoms with E-state index in [1.54, 1.807) is 35.6 Å². The van der Waals surface area contributed by atoms with Crippen LogP contribution >= 0.6 is 11.3 Å². The van der Waals surface area contributed by atoms with Gasteiger partial charge in [0.25, 0.3) is 0 Å². The van der Waals surface area contributed by atoms with Crippen LogP contribution in [0, 0.1) is 6.92 Å². The summed E-state index contributed by atoms with van der Waals surface area (Å²) in [5.74, 6) is 0.532. The number of carbonyl (C=O) groups is 1. The van der Waals surface area contributed by atoms with Crippen LogP contribution in [0.15, 0.2) is 66.7 Å². The first-order chi connectivity index (χ1) is 15.5. The van der Waals surface area contributed by atoms with Gasteiger partial charge in [0, 0.05) is 21.8 Å². The van der Waals surface area contributed by atoms with Gasteiger partial charge in [-0.15, -0.1) is 11.3 Å². The number of carboxylic acid groups (broad SMARTS) is 1. The number of aromatic carboxylic acids is 1. The number of anilines is 2. The number of nitrogens with zero attached hydrogens (tertiary/aromatic N) is 2. The average molecular weight is 444 g/mol. The van der Waals surface area contributed by atoms with Crippen molar-refractivity contribution in [1.29, 1.82) is 0 Å². The Balaban J connectivity index is 1.56. The van der Waals surface area contributed by atoms with E-state index in [1.807, 2.05) is 13.0 Å². The minimum Gasteiger partial charge on any atom is -0.478 e. The number of hydrogen-bond acceptors (Lipinski definition) is 5. The number of hydrogen-bond donors (Lipinski definition) is 2. The Morgan fingerprint density at radius 1 is 0.969 bits per heavy atom. The van der Waals surface area contributed by atoms with Crippen molar-refractivity contribution >= 4 is 28.8 Å². The topological polar surface area (TPSA) is 75.1 Å². The highest BCUT2D eigenvalue weighted by molar-refractivity contribution is 7.15. The van der Waals surface area contributed by atoms with Crippen LogP contribution in [0.3, 0.4) is 0 Å². The van der Waals surface area contributed by atoms with Crippen molar-refractivity contribution < 1.29 is 9.90 Å².